The molecule has 1 aliphatic rings. The Balaban J connectivity index is 1.77. The van der Waals surface area contributed by atoms with E-state index in [1.165, 1.54) is 12.5 Å². The van der Waals surface area contributed by atoms with Gasteiger partial charge in [0, 0.05) is 46.8 Å². The summed E-state index contributed by atoms with van der Waals surface area (Å²) in [5, 5.41) is 24.4. The summed E-state index contributed by atoms with van der Waals surface area (Å²) in [6, 6.07) is 14.3. The van der Waals surface area contributed by atoms with Gasteiger partial charge in [0.15, 0.2) is 5.88 Å². The smallest absolute Gasteiger partial charge is 0.302 e. The van der Waals surface area contributed by atoms with Crippen molar-refractivity contribution in [1.29, 1.82) is 0 Å². The zero-order valence-corrected chi connectivity index (χ0v) is 17.6. The number of benzene rings is 3. The van der Waals surface area contributed by atoms with E-state index in [-0.39, 0.29) is 25.1 Å². The minimum Gasteiger partial charge on any atom is -0.494 e. The predicted octanol–water partition coefficient (Wildman–Crippen LogP) is 4.61. The van der Waals surface area contributed by atoms with Gasteiger partial charge in [0.25, 0.3) is 0 Å². The number of nitrogens with zero attached hydrogens (tertiary/aromatic N) is 1. The van der Waals surface area contributed by atoms with Crippen LogP contribution >= 0.6 is 0 Å². The first-order valence-electron chi connectivity index (χ1n) is 10.7. The number of carbonyl (C=O) groups is 1. The van der Waals surface area contributed by atoms with E-state index in [9.17, 15) is 15.0 Å². The zero-order valence-electron chi connectivity index (χ0n) is 17.6. The van der Waals surface area contributed by atoms with Crippen molar-refractivity contribution in [1.82, 2.24) is 9.55 Å². The third-order valence-electron chi connectivity index (χ3n) is 6.55. The second-order valence-corrected chi connectivity index (χ2v) is 8.34. The van der Waals surface area contributed by atoms with Crippen molar-refractivity contribution in [2.75, 3.05) is 6.61 Å². The Hall–Kier alpha value is -3.77. The molecule has 0 unspecified atom stereocenters. The number of aromatic nitrogens is 2. The Morgan fingerprint density at radius 3 is 2.81 bits per heavy atom. The van der Waals surface area contributed by atoms with Crippen molar-refractivity contribution in [3.8, 4) is 17.0 Å². The highest BCUT2D eigenvalue weighted by atomic mass is 16.5. The lowest BCUT2D eigenvalue weighted by Crippen LogP contribution is -2.09. The third kappa shape index (κ3) is 2.53. The van der Waals surface area contributed by atoms with E-state index in [0.29, 0.717) is 6.54 Å². The molecule has 3 aromatic carbocycles. The summed E-state index contributed by atoms with van der Waals surface area (Å²) in [6.45, 7) is 2.16. The molecule has 6 heteroatoms. The molecule has 2 aromatic heterocycles. The maximum Gasteiger partial charge on any atom is 0.302 e. The van der Waals surface area contributed by atoms with Crippen LogP contribution in [0.15, 0.2) is 48.7 Å². The van der Waals surface area contributed by atoms with E-state index in [2.05, 4.69) is 21.7 Å². The summed E-state index contributed by atoms with van der Waals surface area (Å²) < 4.78 is 7.50. The molecule has 32 heavy (non-hydrogen) atoms. The van der Waals surface area contributed by atoms with E-state index in [1.807, 2.05) is 36.5 Å². The first-order valence-corrected chi connectivity index (χ1v) is 10.7. The fourth-order valence-corrected chi connectivity index (χ4v) is 5.31. The number of hydrogen-bond acceptors (Lipinski definition) is 4. The first kappa shape index (κ1) is 19.0. The van der Waals surface area contributed by atoms with E-state index >= 15 is 0 Å². The summed E-state index contributed by atoms with van der Waals surface area (Å²) >= 11 is 0. The molecule has 0 spiro atoms. The van der Waals surface area contributed by atoms with Gasteiger partial charge in [-0.25, -0.2) is 0 Å². The Labute approximate surface area is 183 Å². The molecule has 0 aliphatic heterocycles. The van der Waals surface area contributed by atoms with Crippen LogP contribution in [0.4, 0.5) is 0 Å². The summed E-state index contributed by atoms with van der Waals surface area (Å²) in [7, 11) is 0. The number of esters is 1. The topological polar surface area (TPSA) is 87.5 Å². The largest absolute Gasteiger partial charge is 0.494 e. The van der Waals surface area contributed by atoms with E-state index < -0.39 is 0 Å². The molecule has 0 atom stereocenters. The van der Waals surface area contributed by atoms with Crippen LogP contribution in [0.25, 0.3) is 43.7 Å². The lowest BCUT2D eigenvalue weighted by Gasteiger charge is -2.12. The van der Waals surface area contributed by atoms with Crippen LogP contribution in [-0.2, 0) is 29.1 Å². The number of aliphatic hydroxyl groups is 1. The molecule has 0 fully saturated rings. The van der Waals surface area contributed by atoms with Gasteiger partial charge in [0.05, 0.1) is 24.1 Å². The average molecular weight is 426 g/mol. The number of fused-ring (bicyclic) bond motifs is 10. The Bertz CT molecular complexity index is 1560. The molecule has 5 aromatic rings. The zero-order chi connectivity index (χ0) is 22.0. The van der Waals surface area contributed by atoms with Crippen LogP contribution in [0.3, 0.4) is 0 Å². The SMILES string of the molecule is CC(=O)OCCn1c2ccc(CO)cc2c2c3c[nH]c(O)c3c3c(c21)Cc1ccccc1-3. The van der Waals surface area contributed by atoms with Gasteiger partial charge >= 0.3 is 5.97 Å². The number of carbonyl (C=O) groups excluding carboxylic acids is 1. The number of ether oxygens (including phenoxy) is 1. The number of aliphatic hydroxyl groups excluding tert-OH is 1. The van der Waals surface area contributed by atoms with Gasteiger partial charge in [0.1, 0.15) is 6.61 Å². The van der Waals surface area contributed by atoms with Crippen molar-refractivity contribution in [2.24, 2.45) is 0 Å². The van der Waals surface area contributed by atoms with Crippen molar-refractivity contribution in [2.45, 2.75) is 26.5 Å². The number of rotatable bonds is 4. The molecule has 6 rings (SSSR count). The number of aromatic amines is 1. The highest BCUT2D eigenvalue weighted by Crippen LogP contribution is 2.50. The van der Waals surface area contributed by atoms with Crippen LogP contribution in [0.1, 0.15) is 23.6 Å². The Kier molecular flexibility index (Phi) is 4.07. The lowest BCUT2D eigenvalue weighted by atomic mass is 9.96. The fraction of sp³-hybridized carbons (Fsp3) is 0.192. The molecule has 0 amide bonds. The van der Waals surface area contributed by atoms with Crippen molar-refractivity contribution < 1.29 is 19.7 Å². The maximum absolute atomic E-state index is 11.4. The molecular weight excluding hydrogens is 404 g/mol. The number of H-pyrrole nitrogens is 1. The van der Waals surface area contributed by atoms with Crippen molar-refractivity contribution >= 4 is 38.5 Å². The number of aromatic hydroxyl groups is 1. The van der Waals surface area contributed by atoms with Gasteiger partial charge in [-0.3, -0.25) is 4.79 Å². The lowest BCUT2D eigenvalue weighted by molar-refractivity contribution is -0.141. The van der Waals surface area contributed by atoms with Crippen LogP contribution in [0.5, 0.6) is 5.88 Å². The Morgan fingerprint density at radius 2 is 2.00 bits per heavy atom. The third-order valence-corrected chi connectivity index (χ3v) is 6.55. The average Bonchev–Trinajstić information content (AvgIpc) is 3.45. The molecule has 3 N–H and O–H groups in total. The summed E-state index contributed by atoms with van der Waals surface area (Å²) in [5.41, 5.74) is 7.50. The van der Waals surface area contributed by atoms with Crippen molar-refractivity contribution in [3.05, 3.63) is 65.4 Å². The van der Waals surface area contributed by atoms with Gasteiger partial charge in [-0.05, 0) is 34.4 Å². The first-order chi connectivity index (χ1) is 15.6. The molecule has 2 heterocycles. The second kappa shape index (κ2) is 6.87. The van der Waals surface area contributed by atoms with Crippen LogP contribution in [0, 0.1) is 0 Å². The van der Waals surface area contributed by atoms with E-state index in [1.54, 1.807) is 0 Å². The normalized spacial score (nSPS) is 12.6. The number of nitrogens with one attached hydrogen (secondary N) is 1. The van der Waals surface area contributed by atoms with Crippen LogP contribution < -0.4 is 0 Å². The van der Waals surface area contributed by atoms with Crippen LogP contribution in [0.2, 0.25) is 0 Å². The van der Waals surface area contributed by atoms with Gasteiger partial charge in [-0.2, -0.15) is 0 Å². The van der Waals surface area contributed by atoms with Gasteiger partial charge in [-0.1, -0.05) is 30.3 Å². The quantitative estimate of drug-likeness (QED) is 0.359. The van der Waals surface area contributed by atoms with Gasteiger partial charge < -0.3 is 24.5 Å². The van der Waals surface area contributed by atoms with E-state index in [4.69, 9.17) is 4.74 Å². The number of hydrogen-bond donors (Lipinski definition) is 3. The van der Waals surface area contributed by atoms with Crippen LogP contribution in [-0.4, -0.2) is 32.3 Å². The molecule has 0 bridgehead atoms. The summed E-state index contributed by atoms with van der Waals surface area (Å²) in [4.78, 5) is 14.4. The molecule has 160 valence electrons. The molecule has 0 radical (unpaired) electrons. The minimum atomic E-state index is -0.302. The molecule has 0 saturated heterocycles. The molecule has 1 aliphatic carbocycles. The second-order valence-electron chi connectivity index (χ2n) is 8.34. The minimum absolute atomic E-state index is 0.0476. The van der Waals surface area contributed by atoms with Gasteiger partial charge in [0.2, 0.25) is 0 Å². The maximum atomic E-state index is 11.4. The molecule has 0 saturated carbocycles. The monoisotopic (exact) mass is 426 g/mol. The summed E-state index contributed by atoms with van der Waals surface area (Å²) in [5.74, 6) is -0.141. The molecule has 6 nitrogen and oxygen atoms in total. The standard InChI is InChI=1S/C26H22N2O4/c1-14(30)32-9-8-28-21-7-6-15(13-29)10-18(21)23-20-12-27-26(31)24(20)22-17-5-3-2-4-16(17)11-19(22)25(23)28/h2-7,10,12,27,29,31H,8-9,11,13H2,1H3. The van der Waals surface area contributed by atoms with Gasteiger partial charge in [-0.15, -0.1) is 0 Å². The highest BCUT2D eigenvalue weighted by molar-refractivity contribution is 6.27. The predicted molar refractivity (Wildman–Crippen MR) is 124 cm³/mol. The van der Waals surface area contributed by atoms with Crippen molar-refractivity contribution in [3.63, 3.8) is 0 Å². The summed E-state index contributed by atoms with van der Waals surface area (Å²) in [6.07, 6.45) is 2.62. The molecular formula is C26H22N2O4. The highest BCUT2D eigenvalue weighted by Gasteiger charge is 2.29. The Morgan fingerprint density at radius 1 is 1.16 bits per heavy atom. The van der Waals surface area contributed by atoms with E-state index in [0.717, 1.165) is 61.3 Å². The fourth-order valence-electron chi connectivity index (χ4n) is 5.31.